The highest BCUT2D eigenvalue weighted by Gasteiger charge is 2.32. The molecule has 1 amide bonds. The van der Waals surface area contributed by atoms with Gasteiger partial charge in [0.25, 0.3) is 5.91 Å². The lowest BCUT2D eigenvalue weighted by Crippen LogP contribution is -2.37. The van der Waals surface area contributed by atoms with E-state index >= 15 is 0 Å². The molecule has 0 bridgehead atoms. The molecule has 19 heavy (non-hydrogen) atoms. The van der Waals surface area contributed by atoms with Gasteiger partial charge in [-0.1, -0.05) is 6.07 Å². The summed E-state index contributed by atoms with van der Waals surface area (Å²) in [6.45, 7) is 0. The predicted octanol–water partition coefficient (Wildman–Crippen LogP) is 0.817. The zero-order valence-electron chi connectivity index (χ0n) is 10.5. The molecule has 1 saturated heterocycles. The van der Waals surface area contributed by atoms with Crippen LogP contribution in [0.2, 0.25) is 0 Å². The van der Waals surface area contributed by atoms with Crippen molar-refractivity contribution in [2.24, 2.45) is 0 Å². The molecule has 100 valence electrons. The molecular weight excluding hydrogens is 264 g/mol. The van der Waals surface area contributed by atoms with Crippen molar-refractivity contribution >= 4 is 15.7 Å². The van der Waals surface area contributed by atoms with Crippen molar-refractivity contribution in [2.45, 2.75) is 12.5 Å². The van der Waals surface area contributed by atoms with Crippen molar-refractivity contribution in [3.63, 3.8) is 0 Å². The van der Waals surface area contributed by atoms with Gasteiger partial charge >= 0.3 is 0 Å². The standard InChI is InChI=1S/C13H14N2O3S/c1-15(12-5-6-19(17,18)9-12)13(16)11-4-2-3-10(7-11)8-14/h2-4,7,12H,5-6,9H2,1H3. The Hall–Kier alpha value is -1.87. The SMILES string of the molecule is CN(C(=O)c1cccc(C#N)c1)C1CCS(=O)(=O)C1. The predicted molar refractivity (Wildman–Crippen MR) is 70.3 cm³/mol. The van der Waals surface area contributed by atoms with Crippen LogP contribution in [0.25, 0.3) is 0 Å². The van der Waals surface area contributed by atoms with E-state index in [1.807, 2.05) is 6.07 Å². The largest absolute Gasteiger partial charge is 0.338 e. The van der Waals surface area contributed by atoms with Gasteiger partial charge in [0.2, 0.25) is 0 Å². The second kappa shape index (κ2) is 5.02. The summed E-state index contributed by atoms with van der Waals surface area (Å²) in [6, 6.07) is 8.11. The van der Waals surface area contributed by atoms with Gasteiger partial charge in [0.1, 0.15) is 0 Å². The summed E-state index contributed by atoms with van der Waals surface area (Å²) in [5.74, 6) is -0.0973. The molecule has 0 N–H and O–H groups in total. The average molecular weight is 278 g/mol. The molecule has 1 aromatic carbocycles. The third-order valence-electron chi connectivity index (χ3n) is 3.32. The Morgan fingerprint density at radius 2 is 2.21 bits per heavy atom. The quantitative estimate of drug-likeness (QED) is 0.802. The molecule has 0 aliphatic carbocycles. The van der Waals surface area contributed by atoms with Gasteiger partial charge in [-0.05, 0) is 24.6 Å². The molecule has 2 rings (SSSR count). The van der Waals surface area contributed by atoms with Crippen molar-refractivity contribution < 1.29 is 13.2 Å². The summed E-state index contributed by atoms with van der Waals surface area (Å²) in [7, 11) is -1.41. The molecule has 1 fully saturated rings. The molecule has 0 spiro atoms. The zero-order chi connectivity index (χ0) is 14.0. The number of hydrogen-bond donors (Lipinski definition) is 0. The third-order valence-corrected chi connectivity index (χ3v) is 5.07. The van der Waals surface area contributed by atoms with Gasteiger partial charge in [-0.3, -0.25) is 4.79 Å². The number of amides is 1. The van der Waals surface area contributed by atoms with E-state index < -0.39 is 9.84 Å². The lowest BCUT2D eigenvalue weighted by atomic mass is 10.1. The fourth-order valence-corrected chi connectivity index (χ4v) is 3.95. The summed E-state index contributed by atoms with van der Waals surface area (Å²) in [5.41, 5.74) is 0.823. The summed E-state index contributed by atoms with van der Waals surface area (Å²) < 4.78 is 22.8. The molecule has 1 unspecified atom stereocenters. The van der Waals surface area contributed by atoms with E-state index in [1.165, 1.54) is 11.0 Å². The molecule has 1 aliphatic rings. The van der Waals surface area contributed by atoms with Gasteiger partial charge in [-0.25, -0.2) is 8.42 Å². The lowest BCUT2D eigenvalue weighted by Gasteiger charge is -2.23. The van der Waals surface area contributed by atoms with Crippen molar-refractivity contribution in [1.29, 1.82) is 5.26 Å². The highest BCUT2D eigenvalue weighted by atomic mass is 32.2. The Kier molecular flexibility index (Phi) is 3.58. The van der Waals surface area contributed by atoms with Gasteiger partial charge in [-0.2, -0.15) is 5.26 Å². The van der Waals surface area contributed by atoms with E-state index in [0.717, 1.165) is 0 Å². The van der Waals surface area contributed by atoms with E-state index in [4.69, 9.17) is 5.26 Å². The van der Waals surface area contributed by atoms with Crippen LogP contribution in [0.15, 0.2) is 24.3 Å². The van der Waals surface area contributed by atoms with Crippen molar-refractivity contribution in [2.75, 3.05) is 18.6 Å². The summed E-state index contributed by atoms with van der Waals surface area (Å²) in [6.07, 6.45) is 0.475. The normalized spacial score (nSPS) is 20.7. The van der Waals surface area contributed by atoms with E-state index in [-0.39, 0.29) is 23.5 Å². The molecule has 1 atom stereocenters. The van der Waals surface area contributed by atoms with Crippen LogP contribution in [0.1, 0.15) is 22.3 Å². The number of rotatable bonds is 2. The first-order valence-electron chi connectivity index (χ1n) is 5.91. The summed E-state index contributed by atoms with van der Waals surface area (Å²) in [5, 5.41) is 8.81. The Morgan fingerprint density at radius 1 is 1.47 bits per heavy atom. The number of carbonyl (C=O) groups excluding carboxylic acids is 1. The fourth-order valence-electron chi connectivity index (χ4n) is 2.17. The van der Waals surface area contributed by atoms with Crippen LogP contribution in [0, 0.1) is 11.3 Å². The van der Waals surface area contributed by atoms with Gasteiger partial charge < -0.3 is 4.90 Å². The van der Waals surface area contributed by atoms with Gasteiger partial charge in [0.15, 0.2) is 9.84 Å². The Balaban J connectivity index is 2.18. The minimum atomic E-state index is -3.02. The first kappa shape index (κ1) is 13.6. The second-order valence-corrected chi connectivity index (χ2v) is 6.89. The Labute approximate surface area is 112 Å². The van der Waals surface area contributed by atoms with E-state index in [0.29, 0.717) is 17.5 Å². The minimum absolute atomic E-state index is 0.0210. The van der Waals surface area contributed by atoms with Gasteiger partial charge in [0.05, 0.1) is 23.1 Å². The first-order valence-corrected chi connectivity index (χ1v) is 7.73. The number of nitrogens with zero attached hydrogens (tertiary/aromatic N) is 2. The number of benzene rings is 1. The maximum atomic E-state index is 12.2. The van der Waals surface area contributed by atoms with Crippen molar-refractivity contribution in [3.05, 3.63) is 35.4 Å². The molecule has 1 heterocycles. The maximum absolute atomic E-state index is 12.2. The van der Waals surface area contributed by atoms with E-state index in [2.05, 4.69) is 0 Å². The van der Waals surface area contributed by atoms with Crippen LogP contribution in [-0.2, 0) is 9.84 Å². The number of sulfone groups is 1. The number of carbonyl (C=O) groups is 1. The minimum Gasteiger partial charge on any atom is -0.338 e. The molecular formula is C13H14N2O3S. The Morgan fingerprint density at radius 3 is 2.79 bits per heavy atom. The van der Waals surface area contributed by atoms with Crippen LogP contribution >= 0.6 is 0 Å². The maximum Gasteiger partial charge on any atom is 0.253 e. The van der Waals surface area contributed by atoms with Crippen LogP contribution in [-0.4, -0.2) is 43.8 Å². The van der Waals surface area contributed by atoms with Crippen molar-refractivity contribution in [1.82, 2.24) is 4.90 Å². The molecule has 1 aliphatic heterocycles. The lowest BCUT2D eigenvalue weighted by molar-refractivity contribution is 0.0747. The molecule has 5 nitrogen and oxygen atoms in total. The Bertz CT molecular complexity index is 646. The number of nitriles is 1. The van der Waals surface area contributed by atoms with Crippen LogP contribution in [0.4, 0.5) is 0 Å². The molecule has 0 saturated carbocycles. The van der Waals surface area contributed by atoms with Crippen LogP contribution < -0.4 is 0 Å². The summed E-state index contributed by atoms with van der Waals surface area (Å²) in [4.78, 5) is 13.7. The van der Waals surface area contributed by atoms with E-state index in [1.54, 1.807) is 25.2 Å². The average Bonchev–Trinajstić information content (AvgIpc) is 2.77. The van der Waals surface area contributed by atoms with Crippen LogP contribution in [0.3, 0.4) is 0 Å². The molecule has 1 aromatic rings. The van der Waals surface area contributed by atoms with Gasteiger partial charge in [0, 0.05) is 18.7 Å². The fraction of sp³-hybridized carbons (Fsp3) is 0.385. The highest BCUT2D eigenvalue weighted by molar-refractivity contribution is 7.91. The highest BCUT2D eigenvalue weighted by Crippen LogP contribution is 2.18. The zero-order valence-corrected chi connectivity index (χ0v) is 11.4. The smallest absolute Gasteiger partial charge is 0.253 e. The molecule has 0 radical (unpaired) electrons. The first-order chi connectivity index (χ1) is 8.93. The van der Waals surface area contributed by atoms with Gasteiger partial charge in [-0.15, -0.1) is 0 Å². The topological polar surface area (TPSA) is 78.2 Å². The monoisotopic (exact) mass is 278 g/mol. The molecule has 6 heteroatoms. The summed E-state index contributed by atoms with van der Waals surface area (Å²) >= 11 is 0. The van der Waals surface area contributed by atoms with E-state index in [9.17, 15) is 13.2 Å². The van der Waals surface area contributed by atoms with Crippen LogP contribution in [0.5, 0.6) is 0 Å². The molecule has 0 aromatic heterocycles. The third kappa shape index (κ3) is 2.93. The second-order valence-electron chi connectivity index (χ2n) is 4.67. The van der Waals surface area contributed by atoms with Crippen molar-refractivity contribution in [3.8, 4) is 6.07 Å². The number of hydrogen-bond acceptors (Lipinski definition) is 4.